The number of hydrogen-bond donors (Lipinski definition) is 2. The third-order valence-electron chi connectivity index (χ3n) is 2.41. The fraction of sp³-hybridized carbons (Fsp3) is 0.0909. The summed E-state index contributed by atoms with van der Waals surface area (Å²) in [6.45, 7) is 0. The predicted molar refractivity (Wildman–Crippen MR) is 62.0 cm³/mol. The van der Waals surface area contributed by atoms with Gasteiger partial charge in [0.2, 0.25) is 0 Å². The van der Waals surface area contributed by atoms with E-state index in [2.05, 4.69) is 0 Å². The van der Waals surface area contributed by atoms with Gasteiger partial charge in [0.25, 0.3) is 10.1 Å². The molecule has 0 heterocycles. The Bertz CT molecular complexity index is 676. The van der Waals surface area contributed by atoms with Crippen molar-refractivity contribution in [2.75, 3.05) is 7.11 Å². The Balaban J connectivity index is 2.73. The molecule has 0 aliphatic rings. The molecular formula is C11H10O5S. The normalized spacial score (nSPS) is 11.6. The molecule has 0 fully saturated rings. The highest BCUT2D eigenvalue weighted by atomic mass is 32.2. The highest BCUT2D eigenvalue weighted by Crippen LogP contribution is 2.32. The van der Waals surface area contributed by atoms with Gasteiger partial charge in [0.05, 0.1) is 12.0 Å². The second-order valence-electron chi connectivity index (χ2n) is 3.51. The number of rotatable bonds is 2. The molecule has 0 saturated carbocycles. The van der Waals surface area contributed by atoms with Crippen LogP contribution in [0.2, 0.25) is 0 Å². The summed E-state index contributed by atoms with van der Waals surface area (Å²) < 4.78 is 35.8. The summed E-state index contributed by atoms with van der Waals surface area (Å²) >= 11 is 0. The van der Waals surface area contributed by atoms with Crippen LogP contribution in [0.5, 0.6) is 11.5 Å². The Hall–Kier alpha value is -1.79. The number of ether oxygens (including phenoxy) is 1. The molecular weight excluding hydrogens is 244 g/mol. The molecule has 2 aromatic carbocycles. The van der Waals surface area contributed by atoms with E-state index in [1.54, 1.807) is 0 Å². The zero-order valence-electron chi connectivity index (χ0n) is 8.91. The van der Waals surface area contributed by atoms with E-state index >= 15 is 0 Å². The van der Waals surface area contributed by atoms with Crippen molar-refractivity contribution >= 4 is 20.9 Å². The molecule has 90 valence electrons. The maximum atomic E-state index is 11.0. The van der Waals surface area contributed by atoms with Gasteiger partial charge in [0.1, 0.15) is 0 Å². The topological polar surface area (TPSA) is 83.8 Å². The van der Waals surface area contributed by atoms with Crippen LogP contribution in [0.15, 0.2) is 35.2 Å². The lowest BCUT2D eigenvalue weighted by Crippen LogP contribution is -1.97. The SMILES string of the molecule is COc1cc2cc(S(=O)(=O)O)ccc2cc1O. The fourth-order valence-electron chi connectivity index (χ4n) is 1.57. The largest absolute Gasteiger partial charge is 0.504 e. The van der Waals surface area contributed by atoms with Crippen molar-refractivity contribution in [2.45, 2.75) is 4.90 Å². The number of aromatic hydroxyl groups is 1. The van der Waals surface area contributed by atoms with Crippen LogP contribution in [-0.4, -0.2) is 25.2 Å². The Morgan fingerprint density at radius 2 is 1.82 bits per heavy atom. The zero-order valence-corrected chi connectivity index (χ0v) is 9.73. The predicted octanol–water partition coefficient (Wildman–Crippen LogP) is 1.80. The zero-order chi connectivity index (χ0) is 12.6. The van der Waals surface area contributed by atoms with Crippen LogP contribution in [0.25, 0.3) is 10.8 Å². The molecule has 0 aromatic heterocycles. The van der Waals surface area contributed by atoms with Crippen LogP contribution < -0.4 is 4.74 Å². The van der Waals surface area contributed by atoms with E-state index in [1.165, 1.54) is 37.4 Å². The first kappa shape index (κ1) is 11.7. The van der Waals surface area contributed by atoms with E-state index in [0.29, 0.717) is 10.8 Å². The lowest BCUT2D eigenvalue weighted by molar-refractivity contribution is 0.374. The monoisotopic (exact) mass is 254 g/mol. The summed E-state index contributed by atoms with van der Waals surface area (Å²) in [6, 6.07) is 7.04. The van der Waals surface area contributed by atoms with Crippen LogP contribution in [0.3, 0.4) is 0 Å². The quantitative estimate of drug-likeness (QED) is 0.798. The second kappa shape index (κ2) is 3.90. The fourth-order valence-corrected chi connectivity index (χ4v) is 2.08. The number of benzene rings is 2. The van der Waals surface area contributed by atoms with E-state index < -0.39 is 10.1 Å². The van der Waals surface area contributed by atoms with Gasteiger partial charge in [-0.25, -0.2) is 0 Å². The van der Waals surface area contributed by atoms with Crippen LogP contribution in [0.4, 0.5) is 0 Å². The maximum absolute atomic E-state index is 11.0. The lowest BCUT2D eigenvalue weighted by atomic mass is 10.1. The average molecular weight is 254 g/mol. The Labute approximate surface area is 98.0 Å². The van der Waals surface area contributed by atoms with Crippen LogP contribution in [0, 0.1) is 0 Å². The first-order chi connectivity index (χ1) is 7.91. The van der Waals surface area contributed by atoms with E-state index in [-0.39, 0.29) is 16.4 Å². The van der Waals surface area contributed by atoms with Gasteiger partial charge >= 0.3 is 0 Å². The average Bonchev–Trinajstić information content (AvgIpc) is 2.26. The molecule has 2 N–H and O–H groups in total. The molecule has 0 saturated heterocycles. The molecule has 0 unspecified atom stereocenters. The van der Waals surface area contributed by atoms with Gasteiger partial charge in [-0.05, 0) is 35.0 Å². The molecule has 2 aromatic rings. The lowest BCUT2D eigenvalue weighted by Gasteiger charge is -2.06. The van der Waals surface area contributed by atoms with Gasteiger partial charge < -0.3 is 9.84 Å². The summed E-state index contributed by atoms with van der Waals surface area (Å²) in [4.78, 5) is -0.197. The molecule has 2 rings (SSSR count). The summed E-state index contributed by atoms with van der Waals surface area (Å²) in [5.74, 6) is 0.213. The van der Waals surface area contributed by atoms with E-state index in [9.17, 15) is 13.5 Å². The van der Waals surface area contributed by atoms with Gasteiger partial charge in [-0.15, -0.1) is 0 Å². The first-order valence-corrected chi connectivity index (χ1v) is 6.14. The van der Waals surface area contributed by atoms with Crippen molar-refractivity contribution in [3.8, 4) is 11.5 Å². The molecule has 17 heavy (non-hydrogen) atoms. The van der Waals surface area contributed by atoms with E-state index in [0.717, 1.165) is 0 Å². The summed E-state index contributed by atoms with van der Waals surface area (Å²) in [7, 11) is -2.83. The Morgan fingerprint density at radius 1 is 1.12 bits per heavy atom. The van der Waals surface area contributed by atoms with Gasteiger partial charge in [0, 0.05) is 0 Å². The number of fused-ring (bicyclic) bond motifs is 1. The highest BCUT2D eigenvalue weighted by molar-refractivity contribution is 7.85. The number of phenols is 1. The molecule has 0 bridgehead atoms. The number of phenolic OH excluding ortho intramolecular Hbond substituents is 1. The molecule has 0 spiro atoms. The standard InChI is InChI=1S/C11H10O5S/c1-16-11-6-8-4-9(17(13,14)15)3-2-7(8)5-10(11)12/h2-6,12H,1H3,(H,13,14,15). The van der Waals surface area contributed by atoms with Gasteiger partial charge in [0.15, 0.2) is 11.5 Å². The number of methoxy groups -OCH3 is 1. The van der Waals surface area contributed by atoms with E-state index in [1.807, 2.05) is 0 Å². The van der Waals surface area contributed by atoms with Crippen LogP contribution in [0.1, 0.15) is 0 Å². The van der Waals surface area contributed by atoms with Crippen LogP contribution >= 0.6 is 0 Å². The van der Waals surface area contributed by atoms with E-state index in [4.69, 9.17) is 9.29 Å². The van der Waals surface area contributed by atoms with Gasteiger partial charge in [-0.1, -0.05) is 6.07 Å². The van der Waals surface area contributed by atoms with Crippen molar-refractivity contribution < 1.29 is 22.8 Å². The van der Waals surface area contributed by atoms with Crippen molar-refractivity contribution in [3.63, 3.8) is 0 Å². The Morgan fingerprint density at radius 3 is 2.41 bits per heavy atom. The van der Waals surface area contributed by atoms with Crippen LogP contribution in [-0.2, 0) is 10.1 Å². The van der Waals surface area contributed by atoms with Crippen molar-refractivity contribution in [1.82, 2.24) is 0 Å². The molecule has 5 nitrogen and oxygen atoms in total. The molecule has 0 radical (unpaired) electrons. The molecule has 0 aliphatic heterocycles. The third kappa shape index (κ3) is 2.17. The molecule has 0 aliphatic carbocycles. The maximum Gasteiger partial charge on any atom is 0.294 e. The van der Waals surface area contributed by atoms with Crippen molar-refractivity contribution in [1.29, 1.82) is 0 Å². The second-order valence-corrected chi connectivity index (χ2v) is 4.93. The number of hydrogen-bond acceptors (Lipinski definition) is 4. The molecule has 6 heteroatoms. The summed E-state index contributed by atoms with van der Waals surface area (Å²) in [5.41, 5.74) is 0. The molecule has 0 amide bonds. The van der Waals surface area contributed by atoms with Gasteiger partial charge in [-0.2, -0.15) is 8.42 Å². The first-order valence-electron chi connectivity index (χ1n) is 4.70. The highest BCUT2D eigenvalue weighted by Gasteiger charge is 2.11. The minimum Gasteiger partial charge on any atom is -0.504 e. The summed E-state index contributed by atoms with van der Waals surface area (Å²) in [5, 5.41) is 10.7. The Kier molecular flexibility index (Phi) is 2.68. The van der Waals surface area contributed by atoms with Gasteiger partial charge in [-0.3, -0.25) is 4.55 Å². The minimum atomic E-state index is -4.23. The van der Waals surface area contributed by atoms with Crippen molar-refractivity contribution in [3.05, 3.63) is 30.3 Å². The molecule has 0 atom stereocenters. The third-order valence-corrected chi connectivity index (χ3v) is 3.26. The summed E-state index contributed by atoms with van der Waals surface area (Å²) in [6.07, 6.45) is 0. The minimum absolute atomic E-state index is 0.0281. The van der Waals surface area contributed by atoms with Crippen molar-refractivity contribution in [2.24, 2.45) is 0 Å². The smallest absolute Gasteiger partial charge is 0.294 e.